The minimum atomic E-state index is -4.43. The predicted molar refractivity (Wildman–Crippen MR) is 61.1 cm³/mol. The highest BCUT2D eigenvalue weighted by Gasteiger charge is 2.40. The van der Waals surface area contributed by atoms with Gasteiger partial charge < -0.3 is 10.3 Å². The van der Waals surface area contributed by atoms with Crippen molar-refractivity contribution in [3.63, 3.8) is 0 Å². The fraction of sp³-hybridized carbons (Fsp3) is 0.818. The molecule has 5 nitrogen and oxygen atoms in total. The zero-order valence-electron chi connectivity index (χ0n) is 10.4. The van der Waals surface area contributed by atoms with Crippen LogP contribution in [-0.4, -0.2) is 38.3 Å². The summed E-state index contributed by atoms with van der Waals surface area (Å²) in [7, 11) is 0. The third-order valence-electron chi connectivity index (χ3n) is 3.97. The second-order valence-corrected chi connectivity index (χ2v) is 5.52. The maximum absolute atomic E-state index is 12.7. The summed E-state index contributed by atoms with van der Waals surface area (Å²) in [6.45, 7) is 1.95. The van der Waals surface area contributed by atoms with Crippen LogP contribution in [0.4, 0.5) is 13.2 Å². The summed E-state index contributed by atoms with van der Waals surface area (Å²) < 4.78 is 39.2. The predicted octanol–water partition coefficient (Wildman–Crippen LogP) is 0.994. The van der Waals surface area contributed by atoms with Gasteiger partial charge >= 0.3 is 6.18 Å². The topological polar surface area (TPSA) is 60.0 Å². The Kier molecular flexibility index (Phi) is 2.82. The Bertz CT molecular complexity index is 477. The van der Waals surface area contributed by atoms with E-state index >= 15 is 0 Å². The van der Waals surface area contributed by atoms with Crippen molar-refractivity contribution < 1.29 is 13.2 Å². The first-order valence-corrected chi connectivity index (χ1v) is 6.38. The third kappa shape index (κ3) is 2.34. The molecule has 1 fully saturated rings. The van der Waals surface area contributed by atoms with Crippen molar-refractivity contribution in [2.24, 2.45) is 5.73 Å². The van der Waals surface area contributed by atoms with Crippen LogP contribution in [0, 0.1) is 0 Å². The van der Waals surface area contributed by atoms with Crippen LogP contribution >= 0.6 is 0 Å². The van der Waals surface area contributed by atoms with Crippen LogP contribution in [0.3, 0.4) is 0 Å². The van der Waals surface area contributed by atoms with Crippen LogP contribution in [0.5, 0.6) is 0 Å². The van der Waals surface area contributed by atoms with E-state index in [1.54, 1.807) is 0 Å². The molecule has 0 atom stereocenters. The lowest BCUT2D eigenvalue weighted by Gasteiger charge is -2.42. The number of alkyl halides is 3. The number of aromatic nitrogens is 3. The molecule has 0 saturated heterocycles. The molecule has 0 aromatic carbocycles. The smallest absolute Gasteiger partial charge is 0.324 e. The van der Waals surface area contributed by atoms with Gasteiger partial charge in [-0.15, -0.1) is 10.2 Å². The second-order valence-electron chi connectivity index (χ2n) is 5.52. The monoisotopic (exact) mass is 275 g/mol. The molecule has 8 heteroatoms. The zero-order chi connectivity index (χ0) is 13.7. The van der Waals surface area contributed by atoms with E-state index in [1.807, 2.05) is 0 Å². The lowest BCUT2D eigenvalue weighted by molar-refractivity contribution is -0.148. The molecule has 2 N–H and O–H groups in total. The van der Waals surface area contributed by atoms with Crippen molar-refractivity contribution in [2.75, 3.05) is 13.1 Å². The molecule has 2 heterocycles. The molecule has 19 heavy (non-hydrogen) atoms. The summed E-state index contributed by atoms with van der Waals surface area (Å²) in [6.07, 6.45) is -1.32. The first kappa shape index (κ1) is 12.9. The summed E-state index contributed by atoms with van der Waals surface area (Å²) >= 11 is 0. The van der Waals surface area contributed by atoms with Crippen molar-refractivity contribution in [2.45, 2.75) is 44.1 Å². The fourth-order valence-corrected chi connectivity index (χ4v) is 2.79. The second kappa shape index (κ2) is 4.17. The molecule has 106 valence electrons. The molecule has 0 amide bonds. The van der Waals surface area contributed by atoms with Gasteiger partial charge in [0.15, 0.2) is 0 Å². The van der Waals surface area contributed by atoms with Crippen molar-refractivity contribution in [1.82, 2.24) is 19.7 Å². The van der Waals surface area contributed by atoms with Gasteiger partial charge in [-0.1, -0.05) is 0 Å². The third-order valence-corrected chi connectivity index (χ3v) is 3.97. The van der Waals surface area contributed by atoms with Gasteiger partial charge in [0.2, 0.25) is 5.82 Å². The molecule has 0 unspecified atom stereocenters. The van der Waals surface area contributed by atoms with Gasteiger partial charge in [0.05, 0.1) is 6.54 Å². The van der Waals surface area contributed by atoms with Crippen molar-refractivity contribution in [3.8, 4) is 0 Å². The van der Waals surface area contributed by atoms with Gasteiger partial charge in [-0.25, -0.2) is 0 Å². The van der Waals surface area contributed by atoms with Crippen molar-refractivity contribution in [3.05, 3.63) is 11.6 Å². The highest BCUT2D eigenvalue weighted by Crippen LogP contribution is 2.32. The summed E-state index contributed by atoms with van der Waals surface area (Å²) in [5.74, 6) is -0.519. The van der Waals surface area contributed by atoms with Gasteiger partial charge in [-0.2, -0.15) is 13.2 Å². The molecule has 1 aromatic heterocycles. The molecule has 1 aliphatic carbocycles. The standard InChI is InChI=1S/C11H16F3N5/c12-11(13,14)9-17-16-8-6-18(4-5-19(8)9)7-10(15)2-1-3-10/h1-7,15H2. The van der Waals surface area contributed by atoms with Gasteiger partial charge in [0.25, 0.3) is 0 Å². The summed E-state index contributed by atoms with van der Waals surface area (Å²) in [5.41, 5.74) is 6.01. The highest BCUT2D eigenvalue weighted by molar-refractivity contribution is 5.04. The normalized spacial score (nSPS) is 22.9. The maximum Gasteiger partial charge on any atom is 0.451 e. The molecule has 1 aromatic rings. The quantitative estimate of drug-likeness (QED) is 0.874. The average Bonchev–Trinajstić information content (AvgIpc) is 2.69. The number of halogens is 3. The first-order valence-electron chi connectivity index (χ1n) is 6.38. The van der Waals surface area contributed by atoms with Crippen molar-refractivity contribution in [1.29, 1.82) is 0 Å². The molecule has 0 spiro atoms. The average molecular weight is 275 g/mol. The van der Waals surface area contributed by atoms with E-state index in [2.05, 4.69) is 15.1 Å². The molecule has 0 bridgehead atoms. The Morgan fingerprint density at radius 1 is 1.21 bits per heavy atom. The lowest BCUT2D eigenvalue weighted by Crippen LogP contribution is -2.56. The zero-order valence-corrected chi connectivity index (χ0v) is 10.4. The SMILES string of the molecule is NC1(CN2CCn3c(nnc3C(F)(F)F)C2)CCC1. The number of rotatable bonds is 2. The molecule has 2 aliphatic rings. The Morgan fingerprint density at radius 2 is 1.95 bits per heavy atom. The Balaban J connectivity index is 1.73. The largest absolute Gasteiger partial charge is 0.451 e. The molecule has 0 radical (unpaired) electrons. The first-order chi connectivity index (χ1) is 8.87. The van der Waals surface area contributed by atoms with Gasteiger partial charge in [-0.05, 0) is 19.3 Å². The minimum Gasteiger partial charge on any atom is -0.324 e. The molecule has 1 saturated carbocycles. The van der Waals surface area contributed by atoms with E-state index in [9.17, 15) is 13.2 Å². The molecular weight excluding hydrogens is 259 g/mol. The van der Waals surface area contributed by atoms with E-state index < -0.39 is 12.0 Å². The number of nitrogens with zero attached hydrogens (tertiary/aromatic N) is 4. The van der Waals surface area contributed by atoms with E-state index in [0.717, 1.165) is 25.8 Å². The van der Waals surface area contributed by atoms with Crippen LogP contribution < -0.4 is 5.73 Å². The van der Waals surface area contributed by atoms with Crippen molar-refractivity contribution >= 4 is 0 Å². The number of nitrogens with two attached hydrogens (primary N) is 1. The maximum atomic E-state index is 12.7. The Hall–Kier alpha value is -1.15. The fourth-order valence-electron chi connectivity index (χ4n) is 2.79. The summed E-state index contributed by atoms with van der Waals surface area (Å²) in [5, 5.41) is 6.92. The van der Waals surface area contributed by atoms with Gasteiger partial charge in [0, 0.05) is 25.2 Å². The van der Waals surface area contributed by atoms with Gasteiger partial charge in [0.1, 0.15) is 5.82 Å². The van der Waals surface area contributed by atoms with Crippen LogP contribution in [0.15, 0.2) is 0 Å². The lowest BCUT2D eigenvalue weighted by atomic mass is 9.77. The van der Waals surface area contributed by atoms with Crippen LogP contribution in [-0.2, 0) is 19.3 Å². The summed E-state index contributed by atoms with van der Waals surface area (Å²) in [4.78, 5) is 2.07. The van der Waals surface area contributed by atoms with Crippen LogP contribution in [0.25, 0.3) is 0 Å². The molecule has 1 aliphatic heterocycles. The number of fused-ring (bicyclic) bond motifs is 1. The van der Waals surface area contributed by atoms with Gasteiger partial charge in [-0.3, -0.25) is 4.90 Å². The Morgan fingerprint density at radius 3 is 2.53 bits per heavy atom. The highest BCUT2D eigenvalue weighted by atomic mass is 19.4. The number of hydrogen-bond acceptors (Lipinski definition) is 4. The van der Waals surface area contributed by atoms with E-state index in [-0.39, 0.29) is 12.1 Å². The van der Waals surface area contributed by atoms with E-state index in [4.69, 9.17) is 5.73 Å². The van der Waals surface area contributed by atoms with Crippen LogP contribution in [0.1, 0.15) is 30.9 Å². The van der Waals surface area contributed by atoms with E-state index in [1.165, 1.54) is 4.57 Å². The minimum absolute atomic E-state index is 0.158. The Labute approximate surface area is 108 Å². The number of hydrogen-bond donors (Lipinski definition) is 1. The molecule has 3 rings (SSSR count). The van der Waals surface area contributed by atoms with Crippen LogP contribution in [0.2, 0.25) is 0 Å². The molecular formula is C11H16F3N5. The summed E-state index contributed by atoms with van der Waals surface area (Å²) in [6, 6.07) is 0. The van der Waals surface area contributed by atoms with E-state index in [0.29, 0.717) is 18.9 Å².